The normalized spacial score (nSPS) is 16.8. The molecule has 0 saturated carbocycles. The number of rotatable bonds is 8. The Morgan fingerprint density at radius 2 is 1.84 bits per heavy atom. The van der Waals surface area contributed by atoms with Gasteiger partial charge in [0.25, 0.3) is 5.91 Å². The minimum atomic E-state index is -0.569. The van der Waals surface area contributed by atoms with Crippen LogP contribution in [0.1, 0.15) is 50.7 Å². The third-order valence-corrected chi connectivity index (χ3v) is 5.84. The number of nitrogens with zero attached hydrogens (tertiary/aromatic N) is 1. The van der Waals surface area contributed by atoms with Gasteiger partial charge in [-0.2, -0.15) is 0 Å². The SMILES string of the molecule is CCc1ccccc1N1CC(C(=O)OCC(=O)Nc2ccc(C(C)CC)cc2)CC1=O. The van der Waals surface area contributed by atoms with Gasteiger partial charge in [-0.15, -0.1) is 0 Å². The van der Waals surface area contributed by atoms with Crippen LogP contribution in [0, 0.1) is 5.92 Å². The van der Waals surface area contributed by atoms with Gasteiger partial charge in [0.1, 0.15) is 0 Å². The fourth-order valence-electron chi connectivity index (χ4n) is 3.75. The number of para-hydroxylation sites is 1. The molecule has 0 radical (unpaired) electrons. The second-order valence-electron chi connectivity index (χ2n) is 7.97. The molecule has 0 aliphatic carbocycles. The second-order valence-corrected chi connectivity index (χ2v) is 7.97. The maximum Gasteiger partial charge on any atom is 0.311 e. The van der Waals surface area contributed by atoms with Crippen LogP contribution in [-0.2, 0) is 25.5 Å². The maximum atomic E-state index is 12.5. The molecule has 2 amide bonds. The number of hydrogen-bond donors (Lipinski definition) is 1. The third kappa shape index (κ3) is 5.51. The Balaban J connectivity index is 1.51. The van der Waals surface area contributed by atoms with E-state index in [0.717, 1.165) is 24.1 Å². The summed E-state index contributed by atoms with van der Waals surface area (Å²) in [5.74, 6) is -1.13. The first-order valence-corrected chi connectivity index (χ1v) is 10.9. The third-order valence-electron chi connectivity index (χ3n) is 5.84. The van der Waals surface area contributed by atoms with Crippen LogP contribution in [0.3, 0.4) is 0 Å². The minimum Gasteiger partial charge on any atom is -0.455 e. The van der Waals surface area contributed by atoms with Crippen molar-refractivity contribution in [2.75, 3.05) is 23.4 Å². The smallest absolute Gasteiger partial charge is 0.311 e. The average Bonchev–Trinajstić information content (AvgIpc) is 3.18. The van der Waals surface area contributed by atoms with Crippen LogP contribution in [0.2, 0.25) is 0 Å². The number of amides is 2. The Morgan fingerprint density at radius 3 is 2.52 bits per heavy atom. The Labute approximate surface area is 183 Å². The molecule has 164 valence electrons. The van der Waals surface area contributed by atoms with Crippen molar-refractivity contribution < 1.29 is 19.1 Å². The van der Waals surface area contributed by atoms with Gasteiger partial charge < -0.3 is 15.0 Å². The van der Waals surface area contributed by atoms with Crippen molar-refractivity contribution in [1.29, 1.82) is 0 Å². The first-order valence-electron chi connectivity index (χ1n) is 10.9. The Bertz CT molecular complexity index is 939. The van der Waals surface area contributed by atoms with Gasteiger partial charge in [-0.05, 0) is 48.1 Å². The van der Waals surface area contributed by atoms with Crippen molar-refractivity contribution >= 4 is 29.2 Å². The highest BCUT2D eigenvalue weighted by molar-refractivity contribution is 6.00. The number of benzene rings is 2. The lowest BCUT2D eigenvalue weighted by molar-refractivity contribution is -0.151. The summed E-state index contributed by atoms with van der Waals surface area (Å²) in [6, 6.07) is 15.4. The van der Waals surface area contributed by atoms with Gasteiger partial charge in [-0.1, -0.05) is 51.1 Å². The second kappa shape index (κ2) is 10.2. The number of ether oxygens (including phenoxy) is 1. The quantitative estimate of drug-likeness (QED) is 0.644. The Hall–Kier alpha value is -3.15. The standard InChI is InChI=1S/C25H30N2O4/c1-4-17(3)19-10-12-21(13-11-19)26-23(28)16-31-25(30)20-14-24(29)27(15-20)22-9-7-6-8-18(22)5-2/h6-13,17,20H,4-5,14-16H2,1-3H3,(H,26,28). The van der Waals surface area contributed by atoms with Crippen molar-refractivity contribution in [3.8, 4) is 0 Å². The highest BCUT2D eigenvalue weighted by Gasteiger charge is 2.37. The number of nitrogens with one attached hydrogen (secondary N) is 1. The Morgan fingerprint density at radius 1 is 1.13 bits per heavy atom. The monoisotopic (exact) mass is 422 g/mol. The van der Waals surface area contributed by atoms with Crippen LogP contribution in [0.25, 0.3) is 0 Å². The summed E-state index contributed by atoms with van der Waals surface area (Å²) in [6.07, 6.45) is 1.94. The van der Waals surface area contributed by atoms with E-state index in [-0.39, 0.29) is 25.5 Å². The van der Waals surface area contributed by atoms with Crippen molar-refractivity contribution in [3.63, 3.8) is 0 Å². The molecular weight excluding hydrogens is 392 g/mol. The molecule has 2 atom stereocenters. The number of anilines is 2. The van der Waals surface area contributed by atoms with E-state index in [1.165, 1.54) is 5.56 Å². The molecule has 1 saturated heterocycles. The molecule has 1 heterocycles. The Kier molecular flexibility index (Phi) is 7.45. The molecule has 3 rings (SSSR count). The molecule has 1 aliphatic rings. The number of hydrogen-bond acceptors (Lipinski definition) is 4. The van der Waals surface area contributed by atoms with E-state index in [0.29, 0.717) is 11.6 Å². The van der Waals surface area contributed by atoms with Crippen molar-refractivity contribution in [2.45, 2.75) is 46.0 Å². The van der Waals surface area contributed by atoms with Gasteiger partial charge in [0.2, 0.25) is 5.91 Å². The molecule has 1 aliphatic heterocycles. The molecule has 2 aromatic carbocycles. The largest absolute Gasteiger partial charge is 0.455 e. The number of aryl methyl sites for hydroxylation is 1. The van der Waals surface area contributed by atoms with Crippen molar-refractivity contribution in [1.82, 2.24) is 0 Å². The summed E-state index contributed by atoms with van der Waals surface area (Å²) in [4.78, 5) is 38.7. The van der Waals surface area contributed by atoms with Crippen molar-refractivity contribution in [3.05, 3.63) is 59.7 Å². The fourth-order valence-corrected chi connectivity index (χ4v) is 3.75. The van der Waals surface area contributed by atoms with E-state index in [1.807, 2.05) is 55.5 Å². The summed E-state index contributed by atoms with van der Waals surface area (Å²) in [6.45, 7) is 6.22. The molecule has 0 spiro atoms. The summed E-state index contributed by atoms with van der Waals surface area (Å²) < 4.78 is 5.20. The lowest BCUT2D eigenvalue weighted by Gasteiger charge is -2.19. The molecule has 31 heavy (non-hydrogen) atoms. The molecule has 0 bridgehead atoms. The van der Waals surface area contributed by atoms with Gasteiger partial charge in [-0.3, -0.25) is 14.4 Å². The van der Waals surface area contributed by atoms with E-state index in [4.69, 9.17) is 4.74 Å². The molecule has 2 aromatic rings. The number of carbonyl (C=O) groups is 3. The van der Waals surface area contributed by atoms with Crippen LogP contribution in [0.5, 0.6) is 0 Å². The van der Waals surface area contributed by atoms with Gasteiger partial charge in [0.15, 0.2) is 6.61 Å². The zero-order valence-corrected chi connectivity index (χ0v) is 18.4. The first kappa shape index (κ1) is 22.5. The minimum absolute atomic E-state index is 0.0928. The molecule has 6 nitrogen and oxygen atoms in total. The predicted molar refractivity (Wildman–Crippen MR) is 121 cm³/mol. The molecule has 1 N–H and O–H groups in total. The number of esters is 1. The fraction of sp³-hybridized carbons (Fsp3) is 0.400. The highest BCUT2D eigenvalue weighted by Crippen LogP contribution is 2.29. The zero-order chi connectivity index (χ0) is 22.4. The molecule has 1 fully saturated rings. The van der Waals surface area contributed by atoms with E-state index < -0.39 is 17.8 Å². The van der Waals surface area contributed by atoms with Crippen LogP contribution in [0.4, 0.5) is 11.4 Å². The van der Waals surface area contributed by atoms with E-state index >= 15 is 0 Å². The van der Waals surface area contributed by atoms with Gasteiger partial charge in [0, 0.05) is 24.3 Å². The molecule has 2 unspecified atom stereocenters. The summed E-state index contributed by atoms with van der Waals surface area (Å²) >= 11 is 0. The van der Waals surface area contributed by atoms with Gasteiger partial charge in [0.05, 0.1) is 5.92 Å². The van der Waals surface area contributed by atoms with Crippen LogP contribution >= 0.6 is 0 Å². The molecular formula is C25H30N2O4. The maximum absolute atomic E-state index is 12.5. The molecule has 6 heteroatoms. The summed E-state index contributed by atoms with van der Waals surface area (Å²) in [7, 11) is 0. The summed E-state index contributed by atoms with van der Waals surface area (Å²) in [5, 5.41) is 2.74. The lowest BCUT2D eigenvalue weighted by atomic mass is 9.99. The van der Waals surface area contributed by atoms with Crippen LogP contribution in [0.15, 0.2) is 48.5 Å². The van der Waals surface area contributed by atoms with E-state index in [1.54, 1.807) is 4.90 Å². The van der Waals surface area contributed by atoms with E-state index in [2.05, 4.69) is 19.2 Å². The summed E-state index contributed by atoms with van der Waals surface area (Å²) in [5.41, 5.74) is 3.77. The number of carbonyl (C=O) groups excluding carboxylic acids is 3. The first-order chi connectivity index (χ1) is 14.9. The van der Waals surface area contributed by atoms with E-state index in [9.17, 15) is 14.4 Å². The zero-order valence-electron chi connectivity index (χ0n) is 18.4. The van der Waals surface area contributed by atoms with Crippen LogP contribution in [-0.4, -0.2) is 30.9 Å². The van der Waals surface area contributed by atoms with Crippen molar-refractivity contribution in [2.24, 2.45) is 5.92 Å². The lowest BCUT2D eigenvalue weighted by Crippen LogP contribution is -2.28. The van der Waals surface area contributed by atoms with Gasteiger partial charge >= 0.3 is 5.97 Å². The van der Waals surface area contributed by atoms with Crippen LogP contribution < -0.4 is 10.2 Å². The average molecular weight is 423 g/mol. The highest BCUT2D eigenvalue weighted by atomic mass is 16.5. The van der Waals surface area contributed by atoms with Gasteiger partial charge in [-0.25, -0.2) is 0 Å². The molecule has 0 aromatic heterocycles. The topological polar surface area (TPSA) is 75.7 Å². The predicted octanol–water partition coefficient (Wildman–Crippen LogP) is 4.30.